The van der Waals surface area contributed by atoms with Crippen LogP contribution in [0.4, 0.5) is 35.1 Å². The number of hydrogen-bond donors (Lipinski definition) is 0. The molecule has 0 amide bonds. The van der Waals surface area contributed by atoms with Crippen LogP contribution in [0.1, 0.15) is 26.3 Å². The molecule has 0 bridgehead atoms. The quantitative estimate of drug-likeness (QED) is 0.251. The molecule has 144 valence electrons. The first-order valence-electron chi connectivity index (χ1n) is 6.57. The second kappa shape index (κ2) is 7.21. The van der Waals surface area contributed by atoms with Crippen molar-refractivity contribution in [1.29, 1.82) is 0 Å². The SMILES string of the molecule is Cc1c(F)cc(C(=O)OOC(=O)c2c(F)c(F)c(F)c(F)c2F)c(F)c1F. The smallest absolute Gasteiger partial charge is 0.241 e. The molecule has 2 aromatic carbocycles. The summed E-state index contributed by atoms with van der Waals surface area (Å²) in [5.74, 6) is -22.1. The first kappa shape index (κ1) is 20.1. The van der Waals surface area contributed by atoms with E-state index in [4.69, 9.17) is 0 Å². The first-order valence-corrected chi connectivity index (χ1v) is 6.57. The summed E-state index contributed by atoms with van der Waals surface area (Å²) in [6.07, 6.45) is 0. The van der Waals surface area contributed by atoms with Gasteiger partial charge in [0.05, 0.1) is 0 Å². The van der Waals surface area contributed by atoms with Gasteiger partial charge in [-0.25, -0.2) is 54.5 Å². The Balaban J connectivity index is 2.29. The highest BCUT2D eigenvalue weighted by atomic mass is 19.2. The highest BCUT2D eigenvalue weighted by Crippen LogP contribution is 2.24. The molecule has 0 radical (unpaired) electrons. The van der Waals surface area contributed by atoms with Gasteiger partial charge < -0.3 is 0 Å². The molecule has 2 aromatic rings. The summed E-state index contributed by atoms with van der Waals surface area (Å²) in [4.78, 5) is 30.2. The van der Waals surface area contributed by atoms with Gasteiger partial charge in [-0.05, 0) is 13.0 Å². The summed E-state index contributed by atoms with van der Waals surface area (Å²) in [5.41, 5.74) is -4.30. The second-order valence-corrected chi connectivity index (χ2v) is 4.85. The molecule has 0 aliphatic carbocycles. The molecule has 0 aliphatic rings. The maximum Gasteiger partial charge on any atom is 0.392 e. The Morgan fingerprint density at radius 3 is 1.63 bits per heavy atom. The number of hydrogen-bond acceptors (Lipinski definition) is 4. The molecule has 0 unspecified atom stereocenters. The van der Waals surface area contributed by atoms with Crippen LogP contribution < -0.4 is 0 Å². The zero-order valence-electron chi connectivity index (χ0n) is 12.7. The summed E-state index contributed by atoms with van der Waals surface area (Å²) in [6, 6.07) is 0.169. The summed E-state index contributed by atoms with van der Waals surface area (Å²) < 4.78 is 106. The molecule has 0 spiro atoms. The molecule has 0 saturated carbocycles. The average Bonchev–Trinajstić information content (AvgIpc) is 2.64. The Hall–Kier alpha value is -3.18. The summed E-state index contributed by atoms with van der Waals surface area (Å²) in [5, 5.41) is 0. The second-order valence-electron chi connectivity index (χ2n) is 4.85. The lowest BCUT2D eigenvalue weighted by molar-refractivity contribution is -0.188. The van der Waals surface area contributed by atoms with E-state index in [1.165, 1.54) is 0 Å². The van der Waals surface area contributed by atoms with Crippen LogP contribution in [0.2, 0.25) is 0 Å². The molecule has 0 aromatic heterocycles. The third-order valence-electron chi connectivity index (χ3n) is 3.21. The van der Waals surface area contributed by atoms with Crippen molar-refractivity contribution < 1.29 is 54.5 Å². The molecule has 0 N–H and O–H groups in total. The van der Waals surface area contributed by atoms with E-state index in [1.54, 1.807) is 0 Å². The highest BCUT2D eigenvalue weighted by molar-refractivity contribution is 5.92. The fraction of sp³-hybridized carbons (Fsp3) is 0.0667. The van der Waals surface area contributed by atoms with Gasteiger partial charge in [-0.1, -0.05) is 0 Å². The lowest BCUT2D eigenvalue weighted by Crippen LogP contribution is -2.18. The third-order valence-corrected chi connectivity index (χ3v) is 3.21. The third kappa shape index (κ3) is 3.41. The van der Waals surface area contributed by atoms with Gasteiger partial charge in [-0.15, -0.1) is 0 Å². The van der Waals surface area contributed by atoms with Crippen LogP contribution in [0, 0.1) is 53.5 Å². The molecular formula is C15H4F8O4. The molecule has 0 saturated heterocycles. The topological polar surface area (TPSA) is 52.6 Å². The predicted octanol–water partition coefficient (Wildman–Crippen LogP) is 4.04. The number of carbonyl (C=O) groups excluding carboxylic acids is 2. The number of rotatable bonds is 2. The number of carbonyl (C=O) groups is 2. The largest absolute Gasteiger partial charge is 0.392 e. The summed E-state index contributed by atoms with van der Waals surface area (Å²) in [6.45, 7) is 0.839. The minimum Gasteiger partial charge on any atom is -0.241 e. The molecule has 27 heavy (non-hydrogen) atoms. The van der Waals surface area contributed by atoms with Gasteiger partial charge in [0.2, 0.25) is 5.82 Å². The molecule has 0 fully saturated rings. The van der Waals surface area contributed by atoms with Gasteiger partial charge in [-0.2, -0.15) is 0 Å². The van der Waals surface area contributed by atoms with E-state index in [0.717, 1.165) is 6.92 Å². The van der Waals surface area contributed by atoms with Gasteiger partial charge in [0.1, 0.15) is 16.9 Å². The minimum absolute atomic E-state index is 0.169. The standard InChI is InChI=1S/C15H4F8O4/c1-3-5(16)2-4(8(18)7(3)17)14(24)26-27-15(25)6-9(19)11(21)13(23)12(22)10(6)20/h2H,1H3. The van der Waals surface area contributed by atoms with Crippen LogP contribution in [-0.4, -0.2) is 11.9 Å². The normalized spacial score (nSPS) is 10.7. The number of halogens is 8. The summed E-state index contributed by atoms with van der Waals surface area (Å²) >= 11 is 0. The Morgan fingerprint density at radius 2 is 1.11 bits per heavy atom. The van der Waals surface area contributed by atoms with E-state index in [0.29, 0.717) is 0 Å². The maximum atomic E-state index is 13.6. The molecular weight excluding hydrogens is 396 g/mol. The summed E-state index contributed by atoms with van der Waals surface area (Å²) in [7, 11) is 0. The molecule has 4 nitrogen and oxygen atoms in total. The average molecular weight is 400 g/mol. The van der Waals surface area contributed by atoms with Crippen molar-refractivity contribution in [1.82, 2.24) is 0 Å². The van der Waals surface area contributed by atoms with Crippen molar-refractivity contribution in [2.75, 3.05) is 0 Å². The monoisotopic (exact) mass is 400 g/mol. The van der Waals surface area contributed by atoms with Crippen LogP contribution in [0.3, 0.4) is 0 Å². The van der Waals surface area contributed by atoms with Crippen LogP contribution in [-0.2, 0) is 9.78 Å². The fourth-order valence-corrected chi connectivity index (χ4v) is 1.78. The van der Waals surface area contributed by atoms with E-state index in [2.05, 4.69) is 9.78 Å². The molecule has 12 heteroatoms. The van der Waals surface area contributed by atoms with Crippen molar-refractivity contribution in [2.24, 2.45) is 0 Å². The van der Waals surface area contributed by atoms with Crippen LogP contribution in [0.5, 0.6) is 0 Å². The van der Waals surface area contributed by atoms with Crippen molar-refractivity contribution in [3.8, 4) is 0 Å². The molecule has 0 atom stereocenters. The van der Waals surface area contributed by atoms with Crippen molar-refractivity contribution in [3.05, 3.63) is 69.3 Å². The van der Waals surface area contributed by atoms with E-state index >= 15 is 0 Å². The van der Waals surface area contributed by atoms with Gasteiger partial charge in [0, 0.05) is 5.56 Å². The van der Waals surface area contributed by atoms with E-state index in [1.807, 2.05) is 0 Å². The lowest BCUT2D eigenvalue weighted by Gasteiger charge is -2.08. The maximum absolute atomic E-state index is 13.6. The van der Waals surface area contributed by atoms with Crippen molar-refractivity contribution in [2.45, 2.75) is 6.92 Å². The zero-order chi connectivity index (χ0) is 20.6. The highest BCUT2D eigenvalue weighted by Gasteiger charge is 2.32. The Kier molecular flexibility index (Phi) is 5.38. The van der Waals surface area contributed by atoms with Crippen LogP contribution >= 0.6 is 0 Å². The van der Waals surface area contributed by atoms with Crippen LogP contribution in [0.15, 0.2) is 6.07 Å². The molecule has 2 rings (SSSR count). The van der Waals surface area contributed by atoms with E-state index in [9.17, 15) is 44.7 Å². The Bertz CT molecular complexity index is 944. The lowest BCUT2D eigenvalue weighted by atomic mass is 10.1. The molecule has 0 heterocycles. The van der Waals surface area contributed by atoms with Crippen molar-refractivity contribution in [3.63, 3.8) is 0 Å². The van der Waals surface area contributed by atoms with Gasteiger partial charge >= 0.3 is 11.9 Å². The predicted molar refractivity (Wildman–Crippen MR) is 68.1 cm³/mol. The van der Waals surface area contributed by atoms with Gasteiger partial charge in [0.25, 0.3) is 0 Å². The van der Waals surface area contributed by atoms with Gasteiger partial charge in [0.15, 0.2) is 34.9 Å². The van der Waals surface area contributed by atoms with Crippen LogP contribution in [0.25, 0.3) is 0 Å². The molecule has 0 aliphatic heterocycles. The minimum atomic E-state index is -2.57. The van der Waals surface area contributed by atoms with Crippen molar-refractivity contribution >= 4 is 11.9 Å². The van der Waals surface area contributed by atoms with Gasteiger partial charge in [-0.3, -0.25) is 0 Å². The Morgan fingerprint density at radius 1 is 0.667 bits per heavy atom. The number of benzene rings is 2. The fourth-order valence-electron chi connectivity index (χ4n) is 1.78. The van der Waals surface area contributed by atoms with E-state index in [-0.39, 0.29) is 6.07 Å². The van der Waals surface area contributed by atoms with E-state index < -0.39 is 75.2 Å². The zero-order valence-corrected chi connectivity index (χ0v) is 12.7. The first-order chi connectivity index (χ1) is 12.5. The Labute approximate surface area is 143 Å².